The summed E-state index contributed by atoms with van der Waals surface area (Å²) in [6.07, 6.45) is 1.19. The number of aryl methyl sites for hydroxylation is 2. The molecule has 1 unspecified atom stereocenters. The first-order chi connectivity index (χ1) is 17.7. The minimum atomic E-state index is -4.19. The fourth-order valence-electron chi connectivity index (χ4n) is 4.64. The van der Waals surface area contributed by atoms with E-state index in [0.717, 1.165) is 17.5 Å². The number of alkyl halides is 3. The summed E-state index contributed by atoms with van der Waals surface area (Å²) in [5.41, 5.74) is 2.94. The molecule has 1 aliphatic heterocycles. The molecule has 4 rings (SSSR count). The largest absolute Gasteiger partial charge is 0.494 e. The number of hydrogen-bond donors (Lipinski definition) is 2. The third kappa shape index (κ3) is 7.21. The highest BCUT2D eigenvalue weighted by atomic mass is 32.2. The van der Waals surface area contributed by atoms with Crippen molar-refractivity contribution in [3.8, 4) is 5.75 Å². The normalized spacial score (nSPS) is 17.3. The van der Waals surface area contributed by atoms with Gasteiger partial charge in [-0.05, 0) is 54.7 Å². The first kappa shape index (κ1) is 27.3. The predicted octanol–water partition coefficient (Wildman–Crippen LogP) is 5.30. The van der Waals surface area contributed by atoms with E-state index >= 15 is 0 Å². The second kappa shape index (κ2) is 11.8. The summed E-state index contributed by atoms with van der Waals surface area (Å²) in [6, 6.07) is 5.11. The van der Waals surface area contributed by atoms with Gasteiger partial charge in [0, 0.05) is 19.4 Å². The number of aromatic nitrogens is 2. The van der Waals surface area contributed by atoms with E-state index in [9.17, 15) is 22.8 Å². The molecular weight excluding hydrogens is 505 g/mol. The molecular formula is C26H33F3N4O3S. The smallest absolute Gasteiger partial charge is 0.389 e. The van der Waals surface area contributed by atoms with Crippen molar-refractivity contribution in [2.75, 3.05) is 23.9 Å². The lowest BCUT2D eigenvalue weighted by Gasteiger charge is -2.26. The zero-order valence-electron chi connectivity index (χ0n) is 21.1. The fraction of sp³-hybridized carbons (Fsp3) is 0.577. The van der Waals surface area contributed by atoms with Crippen molar-refractivity contribution in [3.63, 3.8) is 0 Å². The molecule has 1 atom stereocenters. The van der Waals surface area contributed by atoms with E-state index in [1.165, 1.54) is 24.6 Å². The van der Waals surface area contributed by atoms with E-state index in [4.69, 9.17) is 9.84 Å². The number of anilines is 1. The summed E-state index contributed by atoms with van der Waals surface area (Å²) in [6.45, 7) is 2.61. The summed E-state index contributed by atoms with van der Waals surface area (Å²) in [5, 5.41) is 10.7. The zero-order valence-corrected chi connectivity index (χ0v) is 21.9. The van der Waals surface area contributed by atoms with Crippen LogP contribution >= 0.6 is 11.8 Å². The van der Waals surface area contributed by atoms with E-state index in [1.807, 2.05) is 25.3 Å². The molecule has 0 bridgehead atoms. The average molecular weight is 539 g/mol. The molecule has 1 aromatic carbocycles. The van der Waals surface area contributed by atoms with Gasteiger partial charge in [-0.25, -0.2) is 4.68 Å². The Morgan fingerprint density at radius 3 is 2.78 bits per heavy atom. The van der Waals surface area contributed by atoms with Gasteiger partial charge in [-0.2, -0.15) is 30.0 Å². The van der Waals surface area contributed by atoms with Crippen molar-refractivity contribution >= 4 is 29.4 Å². The third-order valence-corrected chi connectivity index (χ3v) is 7.23. The van der Waals surface area contributed by atoms with Crippen LogP contribution in [0.2, 0.25) is 0 Å². The van der Waals surface area contributed by atoms with Gasteiger partial charge in [0.15, 0.2) is 0 Å². The number of benzene rings is 1. The van der Waals surface area contributed by atoms with Crippen LogP contribution in [0.1, 0.15) is 72.2 Å². The molecule has 0 saturated heterocycles. The number of nitrogens with zero attached hydrogens (tertiary/aromatic N) is 2. The second-order valence-corrected chi connectivity index (χ2v) is 10.5. The number of carbonyl (C=O) groups excluding carboxylic acids is 2. The Labute approximate surface area is 218 Å². The van der Waals surface area contributed by atoms with Gasteiger partial charge in [0.2, 0.25) is 5.91 Å². The van der Waals surface area contributed by atoms with Crippen LogP contribution in [0.25, 0.3) is 0 Å². The van der Waals surface area contributed by atoms with Crippen molar-refractivity contribution < 1.29 is 27.5 Å². The molecule has 0 spiro atoms. The first-order valence-electron chi connectivity index (χ1n) is 12.7. The minimum Gasteiger partial charge on any atom is -0.494 e. The lowest BCUT2D eigenvalue weighted by molar-refractivity contribution is -0.136. The number of carbonyl (C=O) groups is 2. The summed E-state index contributed by atoms with van der Waals surface area (Å²) in [7, 11) is 0. The molecule has 7 nitrogen and oxygen atoms in total. The Bertz CT molecular complexity index is 1130. The van der Waals surface area contributed by atoms with Crippen LogP contribution in [0.3, 0.4) is 0 Å². The lowest BCUT2D eigenvalue weighted by Crippen LogP contribution is -2.36. The van der Waals surface area contributed by atoms with E-state index in [-0.39, 0.29) is 36.6 Å². The van der Waals surface area contributed by atoms with Gasteiger partial charge in [0.05, 0.1) is 24.1 Å². The Morgan fingerprint density at radius 1 is 1.32 bits per heavy atom. The van der Waals surface area contributed by atoms with Crippen molar-refractivity contribution in [3.05, 3.63) is 40.6 Å². The number of amides is 2. The number of halogens is 3. The van der Waals surface area contributed by atoms with Gasteiger partial charge in [0.1, 0.15) is 17.1 Å². The molecule has 1 saturated carbocycles. The zero-order chi connectivity index (χ0) is 26.6. The lowest BCUT2D eigenvalue weighted by atomic mass is 9.91. The Morgan fingerprint density at radius 2 is 2.11 bits per heavy atom. The molecule has 2 aliphatic rings. The van der Waals surface area contributed by atoms with E-state index in [2.05, 4.69) is 10.6 Å². The van der Waals surface area contributed by atoms with Crippen molar-refractivity contribution in [1.29, 1.82) is 0 Å². The second-order valence-electron chi connectivity index (χ2n) is 9.62. The number of hydrogen-bond acceptors (Lipinski definition) is 5. The van der Waals surface area contributed by atoms with Crippen LogP contribution in [0.5, 0.6) is 5.75 Å². The van der Waals surface area contributed by atoms with Crippen LogP contribution in [-0.4, -0.2) is 46.4 Å². The minimum absolute atomic E-state index is 0.0190. The van der Waals surface area contributed by atoms with Gasteiger partial charge < -0.3 is 15.4 Å². The Hall–Kier alpha value is -2.69. The Kier molecular flexibility index (Phi) is 8.71. The highest BCUT2D eigenvalue weighted by Gasteiger charge is 2.34. The van der Waals surface area contributed by atoms with Gasteiger partial charge in [0.25, 0.3) is 5.91 Å². The molecule has 2 heterocycles. The van der Waals surface area contributed by atoms with Crippen molar-refractivity contribution in [2.45, 2.75) is 70.6 Å². The van der Waals surface area contributed by atoms with E-state index < -0.39 is 12.6 Å². The first-order valence-corrected chi connectivity index (χ1v) is 14.1. The summed E-state index contributed by atoms with van der Waals surface area (Å²) in [4.78, 5) is 25.7. The molecule has 1 aromatic heterocycles. The number of ether oxygens (including phenoxy) is 1. The molecule has 2 aromatic rings. The fourth-order valence-corrected chi connectivity index (χ4v) is 4.97. The summed E-state index contributed by atoms with van der Waals surface area (Å²) in [5.74, 6) is 1.49. The highest BCUT2D eigenvalue weighted by molar-refractivity contribution is 7.99. The van der Waals surface area contributed by atoms with Gasteiger partial charge in [-0.3, -0.25) is 9.59 Å². The third-order valence-electron chi connectivity index (χ3n) is 6.68. The Balaban J connectivity index is 1.51. The molecule has 1 aliphatic carbocycles. The molecule has 1 fully saturated rings. The highest BCUT2D eigenvalue weighted by Crippen LogP contribution is 2.36. The topological polar surface area (TPSA) is 85.2 Å². The van der Waals surface area contributed by atoms with Crippen LogP contribution in [-0.2, 0) is 24.2 Å². The molecule has 2 amide bonds. The van der Waals surface area contributed by atoms with Gasteiger partial charge >= 0.3 is 6.18 Å². The molecule has 202 valence electrons. The van der Waals surface area contributed by atoms with Crippen LogP contribution in [0.4, 0.5) is 19.0 Å². The predicted molar refractivity (Wildman–Crippen MR) is 137 cm³/mol. The molecule has 37 heavy (non-hydrogen) atoms. The van der Waals surface area contributed by atoms with E-state index in [1.54, 1.807) is 10.7 Å². The number of thioether (sulfide) groups is 1. The van der Waals surface area contributed by atoms with Gasteiger partial charge in [-0.1, -0.05) is 25.8 Å². The molecule has 0 radical (unpaired) electrons. The van der Waals surface area contributed by atoms with Crippen LogP contribution in [0.15, 0.2) is 18.2 Å². The molecule has 2 N–H and O–H groups in total. The van der Waals surface area contributed by atoms with Gasteiger partial charge in [-0.15, -0.1) is 0 Å². The maximum Gasteiger partial charge on any atom is 0.389 e. The summed E-state index contributed by atoms with van der Waals surface area (Å²) < 4.78 is 44.5. The maximum absolute atomic E-state index is 13.3. The van der Waals surface area contributed by atoms with Crippen LogP contribution < -0.4 is 15.4 Å². The number of fused-ring (bicyclic) bond motifs is 1. The average Bonchev–Trinajstić information content (AvgIpc) is 3.61. The number of rotatable bonds is 12. The maximum atomic E-state index is 13.3. The number of nitrogens with one attached hydrogen (secondary N) is 2. The standard InChI is InChI=1S/C26H33F3N4O3S/c1-3-17-13-18(36-12-4-10-26(27,28)29)7-8-19(17)20-14-21-23(25(35)30-20)24(31-22(34)15-37-2)33(32-21)11-9-16-5-6-16/h7-8,13,16,20H,3-6,9-12,14-15H2,1-2H3,(H,30,35)(H,31,34). The van der Waals surface area contributed by atoms with Crippen LogP contribution in [0, 0.1) is 5.92 Å². The summed E-state index contributed by atoms with van der Waals surface area (Å²) >= 11 is 1.41. The molecule has 11 heteroatoms. The monoisotopic (exact) mass is 538 g/mol. The van der Waals surface area contributed by atoms with Crippen molar-refractivity contribution in [1.82, 2.24) is 15.1 Å². The van der Waals surface area contributed by atoms with E-state index in [0.29, 0.717) is 48.1 Å². The quantitative estimate of drug-likeness (QED) is 0.359. The van der Waals surface area contributed by atoms with Crippen molar-refractivity contribution in [2.24, 2.45) is 5.92 Å². The SMILES string of the molecule is CCc1cc(OCCCC(F)(F)F)ccc1C1Cc2nn(CCC3CC3)c(NC(=O)CSC)c2C(=O)N1.